The highest BCUT2D eigenvalue weighted by molar-refractivity contribution is 5.79. The predicted octanol–water partition coefficient (Wildman–Crippen LogP) is 2.72. The first-order valence-electron chi connectivity index (χ1n) is 7.44. The second-order valence-corrected chi connectivity index (χ2v) is 4.95. The van der Waals surface area contributed by atoms with Gasteiger partial charge in [0.2, 0.25) is 0 Å². The van der Waals surface area contributed by atoms with Crippen LogP contribution in [0, 0.1) is 6.92 Å². The summed E-state index contributed by atoms with van der Waals surface area (Å²) in [5.74, 6) is 2.54. The number of rotatable bonds is 7. The highest BCUT2D eigenvalue weighted by Gasteiger charge is 2.00. The minimum Gasteiger partial charge on any atom is -0.494 e. The summed E-state index contributed by atoms with van der Waals surface area (Å²) < 4.78 is 10.9. The van der Waals surface area contributed by atoms with Crippen molar-refractivity contribution >= 4 is 5.96 Å². The molecule has 1 aromatic carbocycles. The van der Waals surface area contributed by atoms with Crippen LogP contribution >= 0.6 is 0 Å². The fraction of sp³-hybridized carbons (Fsp3) is 0.353. The Bertz CT molecular complexity index is 562. The molecule has 5 nitrogen and oxygen atoms in total. The molecule has 0 fully saturated rings. The summed E-state index contributed by atoms with van der Waals surface area (Å²) in [5, 5.41) is 6.44. The molecule has 2 rings (SSSR count). The number of ether oxygens (including phenoxy) is 1. The van der Waals surface area contributed by atoms with Gasteiger partial charge in [-0.1, -0.05) is 17.7 Å². The number of aryl methyl sites for hydroxylation is 1. The Kier molecular flexibility index (Phi) is 6.36. The van der Waals surface area contributed by atoms with Crippen molar-refractivity contribution in [2.24, 2.45) is 4.99 Å². The summed E-state index contributed by atoms with van der Waals surface area (Å²) in [5.41, 5.74) is 1.24. The molecular weight excluding hydrogens is 278 g/mol. The number of hydrogen-bond acceptors (Lipinski definition) is 3. The molecule has 1 heterocycles. The van der Waals surface area contributed by atoms with Gasteiger partial charge in [0.1, 0.15) is 11.5 Å². The van der Waals surface area contributed by atoms with Gasteiger partial charge >= 0.3 is 0 Å². The van der Waals surface area contributed by atoms with E-state index in [4.69, 9.17) is 9.15 Å². The van der Waals surface area contributed by atoms with Crippen LogP contribution in [0.2, 0.25) is 0 Å². The minimum absolute atomic E-state index is 0.618. The quantitative estimate of drug-likeness (QED) is 0.469. The van der Waals surface area contributed by atoms with Gasteiger partial charge in [-0.3, -0.25) is 4.99 Å². The van der Waals surface area contributed by atoms with Gasteiger partial charge in [-0.05, 0) is 37.6 Å². The second kappa shape index (κ2) is 8.77. The normalized spacial score (nSPS) is 11.3. The number of furan rings is 1. The first-order chi connectivity index (χ1) is 10.8. The summed E-state index contributed by atoms with van der Waals surface area (Å²) in [6, 6.07) is 11.9. The highest BCUT2D eigenvalue weighted by atomic mass is 16.5. The Morgan fingerprint density at radius 2 is 2.00 bits per heavy atom. The van der Waals surface area contributed by atoms with Gasteiger partial charge in [-0.2, -0.15) is 0 Å². The van der Waals surface area contributed by atoms with Crippen LogP contribution in [0.25, 0.3) is 0 Å². The molecule has 2 aromatic rings. The zero-order valence-corrected chi connectivity index (χ0v) is 13.1. The van der Waals surface area contributed by atoms with Gasteiger partial charge in [-0.15, -0.1) is 0 Å². The second-order valence-electron chi connectivity index (χ2n) is 4.95. The Morgan fingerprint density at radius 1 is 1.18 bits per heavy atom. The lowest BCUT2D eigenvalue weighted by molar-refractivity contribution is 0.311. The van der Waals surface area contributed by atoms with Crippen LogP contribution in [-0.4, -0.2) is 26.2 Å². The van der Waals surface area contributed by atoms with Crippen LogP contribution in [0.5, 0.6) is 5.75 Å². The van der Waals surface area contributed by atoms with Crippen molar-refractivity contribution in [3.8, 4) is 5.75 Å². The predicted molar refractivity (Wildman–Crippen MR) is 88.2 cm³/mol. The third kappa shape index (κ3) is 5.52. The molecule has 1 aromatic heterocycles. The fourth-order valence-corrected chi connectivity index (χ4v) is 1.91. The topological polar surface area (TPSA) is 58.8 Å². The molecule has 0 atom stereocenters. The van der Waals surface area contributed by atoms with Crippen LogP contribution < -0.4 is 15.4 Å². The number of benzene rings is 1. The van der Waals surface area contributed by atoms with Crippen molar-refractivity contribution in [2.45, 2.75) is 19.9 Å². The molecule has 118 valence electrons. The molecule has 0 aliphatic rings. The first-order valence-corrected chi connectivity index (χ1v) is 7.44. The van der Waals surface area contributed by atoms with Crippen LogP contribution in [0.15, 0.2) is 52.1 Å². The largest absolute Gasteiger partial charge is 0.494 e. The van der Waals surface area contributed by atoms with Crippen molar-refractivity contribution < 1.29 is 9.15 Å². The highest BCUT2D eigenvalue weighted by Crippen LogP contribution is 2.11. The Hall–Kier alpha value is -2.43. The van der Waals surface area contributed by atoms with Gasteiger partial charge in [-0.25, -0.2) is 0 Å². The SMILES string of the molecule is CN=C(NCCCOc1ccc(C)cc1)NCc1ccco1. The van der Waals surface area contributed by atoms with Crippen molar-refractivity contribution in [2.75, 3.05) is 20.2 Å². The monoisotopic (exact) mass is 301 g/mol. The van der Waals surface area contributed by atoms with E-state index in [9.17, 15) is 0 Å². The average Bonchev–Trinajstić information content (AvgIpc) is 3.05. The number of nitrogens with one attached hydrogen (secondary N) is 2. The molecule has 0 aliphatic heterocycles. The molecule has 0 unspecified atom stereocenters. The van der Waals surface area contributed by atoms with Crippen LogP contribution in [0.4, 0.5) is 0 Å². The third-order valence-corrected chi connectivity index (χ3v) is 3.14. The molecule has 0 bridgehead atoms. The van der Waals surface area contributed by atoms with Gasteiger partial charge in [0, 0.05) is 13.6 Å². The zero-order valence-electron chi connectivity index (χ0n) is 13.1. The van der Waals surface area contributed by atoms with Crippen LogP contribution in [-0.2, 0) is 6.54 Å². The maximum atomic E-state index is 5.68. The van der Waals surface area contributed by atoms with E-state index in [0.717, 1.165) is 30.4 Å². The number of hydrogen-bond donors (Lipinski definition) is 2. The van der Waals surface area contributed by atoms with E-state index in [1.165, 1.54) is 5.56 Å². The Balaban J connectivity index is 1.59. The standard InChI is InChI=1S/C17H23N3O2/c1-14-6-8-15(9-7-14)21-12-4-10-19-17(18-2)20-13-16-5-3-11-22-16/h3,5-9,11H,4,10,12-13H2,1-2H3,(H2,18,19,20). The lowest BCUT2D eigenvalue weighted by atomic mass is 10.2. The van der Waals surface area contributed by atoms with E-state index in [0.29, 0.717) is 13.2 Å². The van der Waals surface area contributed by atoms with E-state index in [1.807, 2.05) is 36.4 Å². The van der Waals surface area contributed by atoms with Crippen LogP contribution in [0.3, 0.4) is 0 Å². The Labute approximate surface area is 131 Å². The molecule has 0 aliphatic carbocycles. The van der Waals surface area contributed by atoms with E-state index in [-0.39, 0.29) is 0 Å². The number of guanidine groups is 1. The lowest BCUT2D eigenvalue weighted by Gasteiger charge is -2.11. The summed E-state index contributed by atoms with van der Waals surface area (Å²) in [4.78, 5) is 4.16. The summed E-state index contributed by atoms with van der Waals surface area (Å²) in [6.45, 7) is 4.15. The van der Waals surface area contributed by atoms with Gasteiger partial charge < -0.3 is 19.8 Å². The molecule has 0 radical (unpaired) electrons. The van der Waals surface area contributed by atoms with E-state index in [2.05, 4.69) is 22.5 Å². The minimum atomic E-state index is 0.618. The zero-order chi connectivity index (χ0) is 15.6. The van der Waals surface area contributed by atoms with Gasteiger partial charge in [0.05, 0.1) is 19.4 Å². The number of aliphatic imine (C=N–C) groups is 1. The first kappa shape index (κ1) is 15.9. The summed E-state index contributed by atoms with van der Waals surface area (Å²) in [7, 11) is 1.75. The van der Waals surface area contributed by atoms with E-state index >= 15 is 0 Å². The number of nitrogens with zero attached hydrogens (tertiary/aromatic N) is 1. The Morgan fingerprint density at radius 3 is 2.68 bits per heavy atom. The fourth-order valence-electron chi connectivity index (χ4n) is 1.91. The maximum absolute atomic E-state index is 5.68. The summed E-state index contributed by atoms with van der Waals surface area (Å²) in [6.07, 6.45) is 2.56. The molecule has 0 saturated heterocycles. The molecule has 0 amide bonds. The summed E-state index contributed by atoms with van der Waals surface area (Å²) >= 11 is 0. The van der Waals surface area contributed by atoms with Crippen LogP contribution in [0.1, 0.15) is 17.7 Å². The molecule has 22 heavy (non-hydrogen) atoms. The molecular formula is C17H23N3O2. The van der Waals surface area contributed by atoms with Crippen molar-refractivity contribution in [1.29, 1.82) is 0 Å². The average molecular weight is 301 g/mol. The third-order valence-electron chi connectivity index (χ3n) is 3.14. The lowest BCUT2D eigenvalue weighted by Crippen LogP contribution is -2.37. The van der Waals surface area contributed by atoms with E-state index in [1.54, 1.807) is 13.3 Å². The van der Waals surface area contributed by atoms with E-state index < -0.39 is 0 Å². The van der Waals surface area contributed by atoms with Crippen molar-refractivity contribution in [3.05, 3.63) is 54.0 Å². The maximum Gasteiger partial charge on any atom is 0.191 e. The molecule has 2 N–H and O–H groups in total. The van der Waals surface area contributed by atoms with Gasteiger partial charge in [0.15, 0.2) is 5.96 Å². The molecule has 0 spiro atoms. The van der Waals surface area contributed by atoms with Crippen molar-refractivity contribution in [1.82, 2.24) is 10.6 Å². The smallest absolute Gasteiger partial charge is 0.191 e. The molecule has 5 heteroatoms. The van der Waals surface area contributed by atoms with Gasteiger partial charge in [0.25, 0.3) is 0 Å². The van der Waals surface area contributed by atoms with Crippen molar-refractivity contribution in [3.63, 3.8) is 0 Å². The molecule has 0 saturated carbocycles.